The normalized spacial score (nSPS) is 14.1. The van der Waals surface area contributed by atoms with Crippen molar-refractivity contribution in [1.29, 1.82) is 0 Å². The zero-order valence-electron chi connectivity index (χ0n) is 19.9. The molecule has 190 valence electrons. The van der Waals surface area contributed by atoms with Gasteiger partial charge in [0.25, 0.3) is 11.6 Å². The van der Waals surface area contributed by atoms with Gasteiger partial charge >= 0.3 is 0 Å². The predicted molar refractivity (Wildman–Crippen MR) is 137 cm³/mol. The van der Waals surface area contributed by atoms with Crippen molar-refractivity contribution in [2.24, 2.45) is 0 Å². The molecule has 10 nitrogen and oxygen atoms in total. The molecule has 0 radical (unpaired) electrons. The Labute approximate surface area is 213 Å². The molecule has 0 aliphatic carbocycles. The van der Waals surface area contributed by atoms with Crippen molar-refractivity contribution < 1.29 is 24.4 Å². The quantitative estimate of drug-likeness (QED) is 0.274. The van der Waals surface area contributed by atoms with Gasteiger partial charge in [0.1, 0.15) is 6.04 Å². The Hall–Kier alpha value is -4.57. The second-order valence-electron chi connectivity index (χ2n) is 8.57. The first-order chi connectivity index (χ1) is 17.9. The number of anilines is 1. The molecule has 1 atom stereocenters. The van der Waals surface area contributed by atoms with Crippen LogP contribution in [0, 0.1) is 10.1 Å². The number of benzene rings is 3. The average molecular weight is 503 g/mol. The number of rotatable bonds is 8. The molecule has 3 aromatic rings. The smallest absolute Gasteiger partial charge is 0.269 e. The molecule has 0 unspecified atom stereocenters. The summed E-state index contributed by atoms with van der Waals surface area (Å²) in [5.74, 6) is -1.20. The van der Waals surface area contributed by atoms with E-state index in [1.807, 2.05) is 11.0 Å². The molecule has 10 heteroatoms. The van der Waals surface area contributed by atoms with E-state index in [1.54, 1.807) is 59.5 Å². The topological polar surface area (TPSA) is 133 Å². The van der Waals surface area contributed by atoms with Gasteiger partial charge in [0.05, 0.1) is 11.5 Å². The molecule has 0 saturated carbocycles. The van der Waals surface area contributed by atoms with E-state index in [2.05, 4.69) is 5.32 Å². The summed E-state index contributed by atoms with van der Waals surface area (Å²) in [6, 6.07) is 20.0. The van der Waals surface area contributed by atoms with Gasteiger partial charge in [0.2, 0.25) is 5.91 Å². The first-order valence-corrected chi connectivity index (χ1v) is 11.8. The predicted octanol–water partition coefficient (Wildman–Crippen LogP) is 2.27. The van der Waals surface area contributed by atoms with Gasteiger partial charge in [0, 0.05) is 60.7 Å². The van der Waals surface area contributed by atoms with Crippen LogP contribution in [-0.4, -0.2) is 71.4 Å². The van der Waals surface area contributed by atoms with Gasteiger partial charge in [-0.1, -0.05) is 42.5 Å². The number of piperazine rings is 1. The van der Waals surface area contributed by atoms with Crippen molar-refractivity contribution >= 4 is 29.0 Å². The number of nitrogens with one attached hydrogen (secondary N) is 1. The Bertz CT molecular complexity index is 1290. The first-order valence-electron chi connectivity index (χ1n) is 11.8. The largest absolute Gasteiger partial charge is 0.394 e. The third-order valence-corrected chi connectivity index (χ3v) is 6.23. The van der Waals surface area contributed by atoms with E-state index < -0.39 is 29.4 Å². The van der Waals surface area contributed by atoms with Gasteiger partial charge in [-0.05, 0) is 24.3 Å². The van der Waals surface area contributed by atoms with Crippen molar-refractivity contribution in [3.8, 4) is 0 Å². The Morgan fingerprint density at radius 3 is 2.11 bits per heavy atom. The van der Waals surface area contributed by atoms with Crippen LogP contribution in [0.15, 0.2) is 78.9 Å². The lowest BCUT2D eigenvalue weighted by Gasteiger charge is -2.37. The first kappa shape index (κ1) is 25.5. The fourth-order valence-corrected chi connectivity index (χ4v) is 4.18. The number of hydrogen-bond donors (Lipinski definition) is 2. The highest BCUT2D eigenvalue weighted by molar-refractivity contribution is 6.10. The molecular formula is C27H26N4O6. The molecule has 3 aromatic carbocycles. The summed E-state index contributed by atoms with van der Waals surface area (Å²) in [6.45, 7) is 1.15. The van der Waals surface area contributed by atoms with Gasteiger partial charge < -0.3 is 20.2 Å². The number of ketones is 1. The zero-order valence-corrected chi connectivity index (χ0v) is 19.9. The molecule has 0 aromatic heterocycles. The Morgan fingerprint density at radius 2 is 1.49 bits per heavy atom. The summed E-state index contributed by atoms with van der Waals surface area (Å²) in [5.41, 5.74) is 1.86. The molecule has 1 heterocycles. The number of amides is 2. The number of nitro benzene ring substituents is 1. The lowest BCUT2D eigenvalue weighted by molar-refractivity contribution is -0.384. The molecule has 2 amide bonds. The number of carbonyl (C=O) groups excluding carboxylic acids is 3. The maximum Gasteiger partial charge on any atom is 0.269 e. The third-order valence-electron chi connectivity index (χ3n) is 6.23. The number of nitro groups is 1. The zero-order chi connectivity index (χ0) is 26.4. The van der Waals surface area contributed by atoms with Crippen LogP contribution in [0.1, 0.15) is 26.3 Å². The van der Waals surface area contributed by atoms with Crippen LogP contribution in [0.5, 0.6) is 0 Å². The van der Waals surface area contributed by atoms with E-state index in [-0.39, 0.29) is 17.0 Å². The highest BCUT2D eigenvalue weighted by Gasteiger charge is 2.29. The molecule has 0 bridgehead atoms. The molecule has 1 aliphatic heterocycles. The minimum Gasteiger partial charge on any atom is -0.394 e. The van der Waals surface area contributed by atoms with Crippen molar-refractivity contribution in [1.82, 2.24) is 10.2 Å². The van der Waals surface area contributed by atoms with Crippen LogP contribution < -0.4 is 10.2 Å². The lowest BCUT2D eigenvalue weighted by atomic mass is 10.0. The van der Waals surface area contributed by atoms with Crippen LogP contribution in [0.4, 0.5) is 11.4 Å². The summed E-state index contributed by atoms with van der Waals surface area (Å²) in [4.78, 5) is 52.6. The van der Waals surface area contributed by atoms with Gasteiger partial charge in [-0.15, -0.1) is 0 Å². The van der Waals surface area contributed by atoms with Gasteiger partial charge in [0.15, 0.2) is 5.78 Å². The molecular weight excluding hydrogens is 476 g/mol. The SMILES string of the molecule is O=C(N[C@@H](CO)C(=O)N1CCN(c2ccc([N+](=O)[O-])cc2)CC1)c1cccc(C(=O)c2ccccc2)c1. The summed E-state index contributed by atoms with van der Waals surface area (Å²) in [6.07, 6.45) is 0. The average Bonchev–Trinajstić information content (AvgIpc) is 2.95. The maximum atomic E-state index is 13.0. The Balaban J connectivity index is 1.36. The van der Waals surface area contributed by atoms with Gasteiger partial charge in [-0.25, -0.2) is 0 Å². The third kappa shape index (κ3) is 5.99. The Morgan fingerprint density at radius 1 is 0.865 bits per heavy atom. The standard InChI is InChI=1S/C27H26N4O6/c32-18-24(27(35)30-15-13-29(14-16-30)22-9-11-23(12-10-22)31(36)37)28-26(34)21-8-4-7-20(17-21)25(33)19-5-2-1-3-6-19/h1-12,17,24,32H,13-16,18H2,(H,28,34)/t24-/m0/s1. The molecule has 1 saturated heterocycles. The van der Waals surface area contributed by atoms with E-state index in [1.165, 1.54) is 18.2 Å². The molecule has 0 spiro atoms. The van der Waals surface area contributed by atoms with Crippen molar-refractivity contribution in [3.05, 3.63) is 106 Å². The number of carbonyl (C=O) groups is 3. The van der Waals surface area contributed by atoms with Crippen molar-refractivity contribution in [2.45, 2.75) is 6.04 Å². The summed E-state index contributed by atoms with van der Waals surface area (Å²) >= 11 is 0. The number of aliphatic hydroxyl groups is 1. The van der Waals surface area contributed by atoms with Crippen LogP contribution in [0.2, 0.25) is 0 Å². The van der Waals surface area contributed by atoms with Gasteiger partial charge in [-0.3, -0.25) is 24.5 Å². The van der Waals surface area contributed by atoms with E-state index in [0.29, 0.717) is 37.3 Å². The monoisotopic (exact) mass is 502 g/mol. The van der Waals surface area contributed by atoms with Crippen LogP contribution >= 0.6 is 0 Å². The fraction of sp³-hybridized carbons (Fsp3) is 0.222. The molecule has 2 N–H and O–H groups in total. The van der Waals surface area contributed by atoms with E-state index in [9.17, 15) is 29.6 Å². The van der Waals surface area contributed by atoms with Crippen molar-refractivity contribution in [3.63, 3.8) is 0 Å². The second kappa shape index (κ2) is 11.4. The van der Waals surface area contributed by atoms with Crippen LogP contribution in [0.25, 0.3) is 0 Å². The van der Waals surface area contributed by atoms with E-state index in [0.717, 1.165) is 5.69 Å². The summed E-state index contributed by atoms with van der Waals surface area (Å²) in [5, 5.41) is 23.3. The highest BCUT2D eigenvalue weighted by atomic mass is 16.6. The molecule has 1 fully saturated rings. The minimum absolute atomic E-state index is 0.00839. The Kier molecular flexibility index (Phi) is 7.89. The minimum atomic E-state index is -1.13. The van der Waals surface area contributed by atoms with Crippen LogP contribution in [0.3, 0.4) is 0 Å². The summed E-state index contributed by atoms with van der Waals surface area (Å²) < 4.78 is 0. The van der Waals surface area contributed by atoms with Crippen molar-refractivity contribution in [2.75, 3.05) is 37.7 Å². The molecule has 1 aliphatic rings. The second-order valence-corrected chi connectivity index (χ2v) is 8.57. The fourth-order valence-electron chi connectivity index (χ4n) is 4.18. The number of nitrogens with zero attached hydrogens (tertiary/aromatic N) is 3. The summed E-state index contributed by atoms with van der Waals surface area (Å²) in [7, 11) is 0. The van der Waals surface area contributed by atoms with Crippen LogP contribution in [-0.2, 0) is 4.79 Å². The number of hydrogen-bond acceptors (Lipinski definition) is 7. The highest BCUT2D eigenvalue weighted by Crippen LogP contribution is 2.21. The molecule has 37 heavy (non-hydrogen) atoms. The maximum absolute atomic E-state index is 13.0. The molecule has 4 rings (SSSR count). The number of aliphatic hydroxyl groups excluding tert-OH is 1. The lowest BCUT2D eigenvalue weighted by Crippen LogP contribution is -2.56. The van der Waals surface area contributed by atoms with E-state index in [4.69, 9.17) is 0 Å². The van der Waals surface area contributed by atoms with Gasteiger partial charge in [-0.2, -0.15) is 0 Å². The van der Waals surface area contributed by atoms with E-state index >= 15 is 0 Å². The number of non-ortho nitro benzene ring substituents is 1.